The number of alkyl halides is 3. The van der Waals surface area contributed by atoms with Crippen LogP contribution in [0, 0.1) is 20.8 Å². The lowest BCUT2D eigenvalue weighted by atomic mass is 10.3. The highest BCUT2D eigenvalue weighted by atomic mass is 35.5. The Morgan fingerprint density at radius 3 is 2.43 bits per heavy atom. The summed E-state index contributed by atoms with van der Waals surface area (Å²) in [5.74, 6) is 0.152. The van der Waals surface area contributed by atoms with Crippen LogP contribution in [-0.4, -0.2) is 34.6 Å². The van der Waals surface area contributed by atoms with E-state index in [1.165, 1.54) is 6.92 Å². The lowest BCUT2D eigenvalue weighted by molar-refractivity contribution is -0.142. The molecule has 0 bridgehead atoms. The van der Waals surface area contributed by atoms with Crippen molar-refractivity contribution in [1.29, 1.82) is 0 Å². The van der Waals surface area contributed by atoms with Gasteiger partial charge in [-0.3, -0.25) is 4.68 Å². The highest BCUT2D eigenvalue weighted by Gasteiger charge is 2.36. The van der Waals surface area contributed by atoms with Gasteiger partial charge in [-0.15, -0.1) is 10.2 Å². The van der Waals surface area contributed by atoms with E-state index in [9.17, 15) is 13.2 Å². The molecule has 0 spiro atoms. The molecular weight excluding hydrogens is 446 g/mol. The lowest BCUT2D eigenvalue weighted by Crippen LogP contribution is -2.13. The van der Waals surface area contributed by atoms with Gasteiger partial charge in [-0.1, -0.05) is 23.2 Å². The average molecular weight is 460 g/mol. The summed E-state index contributed by atoms with van der Waals surface area (Å²) in [7, 11) is 0. The smallest absolute Gasteiger partial charge is 0.419 e. The summed E-state index contributed by atoms with van der Waals surface area (Å²) in [6, 6.07) is 0.888. The number of aromatic nitrogens is 7. The van der Waals surface area contributed by atoms with E-state index in [4.69, 9.17) is 27.6 Å². The van der Waals surface area contributed by atoms with E-state index in [0.717, 1.165) is 11.8 Å². The van der Waals surface area contributed by atoms with Crippen LogP contribution in [0.2, 0.25) is 10.0 Å². The largest absolute Gasteiger partial charge is 0.433 e. The highest BCUT2D eigenvalue weighted by Crippen LogP contribution is 2.35. The van der Waals surface area contributed by atoms with E-state index in [1.807, 2.05) is 6.92 Å². The highest BCUT2D eigenvalue weighted by molar-refractivity contribution is 6.35. The molecule has 0 fully saturated rings. The van der Waals surface area contributed by atoms with Gasteiger partial charge in [0.25, 0.3) is 5.89 Å². The minimum absolute atomic E-state index is 0.0758. The molecule has 0 aliphatic carbocycles. The second kappa shape index (κ2) is 7.24. The van der Waals surface area contributed by atoms with Gasteiger partial charge in [0.2, 0.25) is 5.89 Å². The van der Waals surface area contributed by atoms with E-state index in [2.05, 4.69) is 25.4 Å². The molecule has 4 rings (SSSR count). The number of aryl methyl sites for hydroxylation is 4. The van der Waals surface area contributed by atoms with Gasteiger partial charge in [0, 0.05) is 18.7 Å². The second-order valence-electron chi connectivity index (χ2n) is 6.64. The summed E-state index contributed by atoms with van der Waals surface area (Å²) in [4.78, 5) is 4.05. The third-order valence-electron chi connectivity index (χ3n) is 4.45. The number of rotatable bonds is 4. The number of nitrogens with zero attached hydrogens (tertiary/aromatic N) is 7. The van der Waals surface area contributed by atoms with Crippen LogP contribution in [0.1, 0.15) is 28.7 Å². The summed E-state index contributed by atoms with van der Waals surface area (Å²) >= 11 is 12.4. The quantitative estimate of drug-likeness (QED) is 0.447. The van der Waals surface area contributed by atoms with Crippen molar-refractivity contribution in [2.24, 2.45) is 0 Å². The van der Waals surface area contributed by atoms with E-state index >= 15 is 0 Å². The molecule has 0 aliphatic heterocycles. The van der Waals surface area contributed by atoms with Crippen molar-refractivity contribution in [2.45, 2.75) is 39.9 Å². The predicted molar refractivity (Wildman–Crippen MR) is 101 cm³/mol. The van der Waals surface area contributed by atoms with Crippen LogP contribution < -0.4 is 0 Å². The first kappa shape index (κ1) is 20.6. The standard InChI is InChI=1S/C17H14Cl2F3N7O/c1-7-6-10(17(20,21)22)29-15(23-7)13(19)14(27-29)16-25-24-11(30-16)4-5-28-9(3)12(18)8(2)26-28/h6H,4-5H2,1-3H3. The number of fused-ring (bicyclic) bond motifs is 1. The Morgan fingerprint density at radius 1 is 1.07 bits per heavy atom. The summed E-state index contributed by atoms with van der Waals surface area (Å²) < 4.78 is 48.0. The molecule has 30 heavy (non-hydrogen) atoms. The third kappa shape index (κ3) is 3.52. The van der Waals surface area contributed by atoms with Crippen molar-refractivity contribution >= 4 is 28.8 Å². The van der Waals surface area contributed by atoms with Gasteiger partial charge < -0.3 is 4.42 Å². The van der Waals surface area contributed by atoms with E-state index in [-0.39, 0.29) is 33.8 Å². The number of hydrogen-bond donors (Lipinski definition) is 0. The fourth-order valence-electron chi connectivity index (χ4n) is 3.00. The summed E-state index contributed by atoms with van der Waals surface area (Å²) in [6.07, 6.45) is -4.30. The van der Waals surface area contributed by atoms with Gasteiger partial charge >= 0.3 is 6.18 Å². The Morgan fingerprint density at radius 2 is 1.80 bits per heavy atom. The maximum Gasteiger partial charge on any atom is 0.433 e. The molecule has 4 aromatic heterocycles. The van der Waals surface area contributed by atoms with Gasteiger partial charge in [-0.2, -0.15) is 23.4 Å². The summed E-state index contributed by atoms with van der Waals surface area (Å²) in [5.41, 5.74) is 0.444. The topological polar surface area (TPSA) is 86.9 Å². The number of halogens is 5. The van der Waals surface area contributed by atoms with Crippen molar-refractivity contribution in [1.82, 2.24) is 34.6 Å². The Labute approximate surface area is 177 Å². The molecule has 8 nitrogen and oxygen atoms in total. The molecule has 4 aromatic rings. The molecule has 0 amide bonds. The van der Waals surface area contributed by atoms with Crippen LogP contribution in [0.25, 0.3) is 17.2 Å². The second-order valence-corrected chi connectivity index (χ2v) is 7.39. The van der Waals surface area contributed by atoms with Crippen molar-refractivity contribution in [3.63, 3.8) is 0 Å². The fourth-order valence-corrected chi connectivity index (χ4v) is 3.37. The average Bonchev–Trinajstić information content (AvgIpc) is 3.33. The SMILES string of the molecule is Cc1cc(C(F)(F)F)n2nc(-c3nnc(CCn4nc(C)c(Cl)c4C)o3)c(Cl)c2n1. The maximum atomic E-state index is 13.4. The fraction of sp³-hybridized carbons (Fsp3) is 0.353. The minimum Gasteiger partial charge on any atom is -0.419 e. The Kier molecular flexibility index (Phi) is 4.97. The van der Waals surface area contributed by atoms with Crippen molar-refractivity contribution in [3.8, 4) is 11.6 Å². The molecular formula is C17H14Cl2F3N7O. The first-order valence-corrected chi connectivity index (χ1v) is 9.47. The molecule has 0 saturated carbocycles. The normalized spacial score (nSPS) is 12.3. The van der Waals surface area contributed by atoms with E-state index < -0.39 is 11.9 Å². The van der Waals surface area contributed by atoms with Gasteiger partial charge in [0.05, 0.1) is 16.4 Å². The van der Waals surface area contributed by atoms with Crippen LogP contribution in [0.15, 0.2) is 10.5 Å². The lowest BCUT2D eigenvalue weighted by Gasteiger charge is -2.09. The van der Waals surface area contributed by atoms with E-state index in [1.54, 1.807) is 11.6 Å². The van der Waals surface area contributed by atoms with Crippen LogP contribution in [-0.2, 0) is 19.1 Å². The molecule has 0 aliphatic rings. The first-order valence-electron chi connectivity index (χ1n) is 8.71. The first-order chi connectivity index (χ1) is 14.1. The molecule has 0 atom stereocenters. The number of hydrogen-bond acceptors (Lipinski definition) is 6. The van der Waals surface area contributed by atoms with Gasteiger partial charge in [0.1, 0.15) is 10.7 Å². The summed E-state index contributed by atoms with van der Waals surface area (Å²) in [6.45, 7) is 5.51. The molecule has 0 unspecified atom stereocenters. The third-order valence-corrected chi connectivity index (χ3v) is 5.35. The Balaban J connectivity index is 1.66. The predicted octanol–water partition coefficient (Wildman–Crippen LogP) is 4.47. The Bertz CT molecular complexity index is 1260. The zero-order valence-electron chi connectivity index (χ0n) is 15.9. The molecule has 158 valence electrons. The van der Waals surface area contributed by atoms with Gasteiger partial charge in [-0.05, 0) is 26.8 Å². The molecule has 4 heterocycles. The molecule has 0 N–H and O–H groups in total. The maximum absolute atomic E-state index is 13.4. The Hall–Kier alpha value is -2.66. The van der Waals surface area contributed by atoms with Crippen LogP contribution >= 0.6 is 23.2 Å². The molecule has 0 aromatic carbocycles. The zero-order chi connectivity index (χ0) is 21.8. The minimum atomic E-state index is -4.64. The van der Waals surface area contributed by atoms with Crippen LogP contribution in [0.4, 0.5) is 13.2 Å². The van der Waals surface area contributed by atoms with Crippen LogP contribution in [0.3, 0.4) is 0 Å². The van der Waals surface area contributed by atoms with Crippen LogP contribution in [0.5, 0.6) is 0 Å². The van der Waals surface area contributed by atoms with Crippen molar-refractivity contribution < 1.29 is 17.6 Å². The van der Waals surface area contributed by atoms with E-state index in [0.29, 0.717) is 28.2 Å². The summed E-state index contributed by atoms with van der Waals surface area (Å²) in [5, 5.41) is 16.5. The molecule has 0 saturated heterocycles. The van der Waals surface area contributed by atoms with Gasteiger partial charge in [0.15, 0.2) is 11.3 Å². The molecule has 13 heteroatoms. The van der Waals surface area contributed by atoms with Crippen molar-refractivity contribution in [3.05, 3.63) is 44.8 Å². The molecule has 0 radical (unpaired) electrons. The zero-order valence-corrected chi connectivity index (χ0v) is 17.4. The van der Waals surface area contributed by atoms with Gasteiger partial charge in [-0.25, -0.2) is 9.50 Å². The van der Waals surface area contributed by atoms with Crippen molar-refractivity contribution in [2.75, 3.05) is 0 Å². The monoisotopic (exact) mass is 459 g/mol.